The summed E-state index contributed by atoms with van der Waals surface area (Å²) in [6.45, 7) is 43.9. The number of carbonyl (C=O) groups is 2. The minimum atomic E-state index is -1.42. The van der Waals surface area contributed by atoms with E-state index >= 15 is 0 Å². The zero-order chi connectivity index (χ0) is 62.0. The molecule has 12 heteroatoms. The molecule has 9 nitrogen and oxygen atoms in total. The van der Waals surface area contributed by atoms with Gasteiger partial charge in [0.15, 0.2) is 0 Å². The van der Waals surface area contributed by atoms with Gasteiger partial charge in [-0.2, -0.15) is 33.6 Å². The number of rotatable bonds is 42. The molecule has 0 aromatic heterocycles. The van der Waals surface area contributed by atoms with Crippen molar-refractivity contribution >= 4 is 51.0 Å². The first-order valence-corrected chi connectivity index (χ1v) is 35.8. The van der Waals surface area contributed by atoms with Crippen molar-refractivity contribution in [3.05, 3.63) is 87.7 Å². The van der Waals surface area contributed by atoms with Crippen molar-refractivity contribution in [2.45, 2.75) is 271 Å². The number of carboxylic acid groups (broad SMARTS) is 1. The van der Waals surface area contributed by atoms with Gasteiger partial charge in [0.2, 0.25) is 5.91 Å². The highest BCUT2D eigenvalue weighted by molar-refractivity contribution is 8.37. The predicted octanol–water partition coefficient (Wildman–Crippen LogP) is 18.5. The number of thioether (sulfide) groups is 2. The van der Waals surface area contributed by atoms with Gasteiger partial charge in [0.1, 0.15) is 11.4 Å². The van der Waals surface area contributed by atoms with Crippen LogP contribution in [0.1, 0.15) is 238 Å². The Bertz CT molecular complexity index is 2520. The Morgan fingerprint density at radius 1 is 0.651 bits per heavy atom. The van der Waals surface area contributed by atoms with E-state index in [1.807, 2.05) is 41.5 Å². The number of aliphatic carboxylic acids is 1. The molecule has 0 bridgehead atoms. The van der Waals surface area contributed by atoms with E-state index in [2.05, 4.69) is 185 Å². The van der Waals surface area contributed by atoms with Gasteiger partial charge in [-0.1, -0.05) is 91.1 Å². The number of allylic oxidation sites excluding steroid dienone is 3. The average molecular weight is 1210 g/mol. The number of benzene rings is 2. The van der Waals surface area contributed by atoms with E-state index in [1.54, 1.807) is 4.90 Å². The quantitative estimate of drug-likeness (QED) is 0.0492. The second-order valence-electron chi connectivity index (χ2n) is 27.8. The molecular weight excluding hydrogens is 1090 g/mol. The van der Waals surface area contributed by atoms with Crippen molar-refractivity contribution in [1.82, 2.24) is 5.32 Å². The smallest absolute Gasteiger partial charge is 0.303 e. The van der Waals surface area contributed by atoms with Crippen molar-refractivity contribution in [1.29, 1.82) is 0 Å². The van der Waals surface area contributed by atoms with Crippen LogP contribution in [-0.2, 0) is 34.0 Å². The van der Waals surface area contributed by atoms with E-state index in [0.29, 0.717) is 51.4 Å². The third-order valence-corrected chi connectivity index (χ3v) is 25.6. The number of nitrogens with one attached hydrogen (secondary N) is 1. The van der Waals surface area contributed by atoms with Gasteiger partial charge in [-0.25, -0.2) is 0 Å². The highest BCUT2D eigenvalue weighted by atomic mass is 32.3. The first-order valence-electron chi connectivity index (χ1n) is 31.7. The molecular formula is C71H115NO8S3. The molecule has 5 atom stereocenters. The van der Waals surface area contributed by atoms with Crippen LogP contribution < -0.4 is 10.1 Å². The molecule has 0 fully saturated rings. The standard InChI is InChI=1S/C71H115NO8S3/c1-20-54(6)76-52-69(17,22-3)53-81-47-27-49-83(50-28-48-82-70(18,23-4)43-46-77-65(9,10)21-2)60-30-26-25-29-58(60)59-36-33-56(51-61(59)83)71(19,24-5)55-31-34-57(35-32-55)80-68(15,16)42-45-79-66(11,12)39-37-62(73)72-64(7,8)41-44-78-67(13,14)40-38-63(74)75/h29-36,51,54H,20-24,27-28,37-50,52-53H2,1-19H3,(H,72,73)(H,74,75). The van der Waals surface area contributed by atoms with Gasteiger partial charge in [0, 0.05) is 75.4 Å². The maximum absolute atomic E-state index is 13.1. The summed E-state index contributed by atoms with van der Waals surface area (Å²) in [6, 6.07) is 16.3. The van der Waals surface area contributed by atoms with Crippen molar-refractivity contribution in [3.8, 4) is 5.75 Å². The lowest BCUT2D eigenvalue weighted by Gasteiger charge is -2.41. The zero-order valence-corrected chi connectivity index (χ0v) is 58.0. The Hall–Kier alpha value is -2.89. The first-order chi connectivity index (χ1) is 38.7. The van der Waals surface area contributed by atoms with Crippen LogP contribution in [0, 0.1) is 5.41 Å². The van der Waals surface area contributed by atoms with E-state index in [9.17, 15) is 9.59 Å². The van der Waals surface area contributed by atoms with Crippen LogP contribution in [0.5, 0.6) is 5.75 Å². The van der Waals surface area contributed by atoms with Crippen molar-refractivity contribution < 1.29 is 38.4 Å². The fourth-order valence-electron chi connectivity index (χ4n) is 10.5. The third kappa shape index (κ3) is 22.6. The van der Waals surface area contributed by atoms with Crippen LogP contribution in [0.25, 0.3) is 5.57 Å². The number of ether oxygens (including phenoxy) is 5. The maximum Gasteiger partial charge on any atom is 0.303 e. The second-order valence-corrected chi connectivity index (χ2v) is 34.0. The van der Waals surface area contributed by atoms with Gasteiger partial charge in [0.25, 0.3) is 0 Å². The lowest BCUT2D eigenvalue weighted by atomic mass is 9.74. The molecule has 2 aromatic carbocycles. The molecule has 2 aliphatic rings. The Kier molecular flexibility index (Phi) is 27.8. The zero-order valence-electron chi connectivity index (χ0n) is 55.6. The molecule has 4 rings (SSSR count). The summed E-state index contributed by atoms with van der Waals surface area (Å²) in [5.74, 6) is 5.68. The Morgan fingerprint density at radius 3 is 1.84 bits per heavy atom. The third-order valence-electron chi connectivity index (χ3n) is 18.1. The molecule has 470 valence electrons. The SMILES string of the molecule is CCC(C)OCC(C)(CC)CSCCCS1(CCCSC(C)(CC)CCOC(C)(C)CC)C2=C(C=C=C=C2)c2ccc(C(C)(CC)c3ccc(OC(C)(C)CCOC(C)(C)CCC(=O)NC(C)(C)CCOC(C)(C)CCC(=O)O)cc3)cc21. The van der Waals surface area contributed by atoms with E-state index in [-0.39, 0.29) is 33.5 Å². The molecule has 5 unspecified atom stereocenters. The normalized spacial score (nSPS) is 18.9. The van der Waals surface area contributed by atoms with Crippen LogP contribution >= 0.6 is 33.6 Å². The van der Waals surface area contributed by atoms with Crippen molar-refractivity contribution in [2.24, 2.45) is 5.41 Å². The highest BCUT2D eigenvalue weighted by Gasteiger charge is 2.41. The summed E-state index contributed by atoms with van der Waals surface area (Å²) in [4.78, 5) is 27.2. The monoisotopic (exact) mass is 1210 g/mol. The van der Waals surface area contributed by atoms with Gasteiger partial charge in [-0.15, -0.1) is 0 Å². The fraction of sp³-hybridized carbons (Fsp3) is 0.718. The lowest BCUT2D eigenvalue weighted by molar-refractivity contribution is -0.139. The van der Waals surface area contributed by atoms with E-state index in [4.69, 9.17) is 28.8 Å². The number of hydrogen-bond donors (Lipinski definition) is 2. The molecule has 83 heavy (non-hydrogen) atoms. The van der Waals surface area contributed by atoms with Crippen molar-refractivity contribution in [3.63, 3.8) is 0 Å². The number of fused-ring (bicyclic) bond motifs is 2. The van der Waals surface area contributed by atoms with Crippen LogP contribution in [0.2, 0.25) is 0 Å². The molecule has 0 spiro atoms. The average Bonchev–Trinajstić information content (AvgIpc) is 2.35. The van der Waals surface area contributed by atoms with Gasteiger partial charge < -0.3 is 34.1 Å². The minimum absolute atomic E-state index is 0.0315. The summed E-state index contributed by atoms with van der Waals surface area (Å²) < 4.78 is 32.0. The second kappa shape index (κ2) is 31.8. The lowest BCUT2D eigenvalue weighted by Crippen LogP contribution is -2.45. The number of hydrogen-bond acceptors (Lipinski definition) is 9. The summed E-state index contributed by atoms with van der Waals surface area (Å²) in [6.07, 6.45) is 16.1. The summed E-state index contributed by atoms with van der Waals surface area (Å²) in [5.41, 5.74) is 10.1. The van der Waals surface area contributed by atoms with E-state index < -0.39 is 38.3 Å². The van der Waals surface area contributed by atoms with Crippen LogP contribution in [-0.4, -0.2) is 111 Å². The summed E-state index contributed by atoms with van der Waals surface area (Å²) >= 11 is 4.28. The van der Waals surface area contributed by atoms with E-state index in [0.717, 1.165) is 81.2 Å². The van der Waals surface area contributed by atoms with Gasteiger partial charge in [-0.05, 0) is 216 Å². The Labute approximate surface area is 516 Å². The van der Waals surface area contributed by atoms with Gasteiger partial charge >= 0.3 is 5.97 Å². The van der Waals surface area contributed by atoms with Crippen LogP contribution in [0.4, 0.5) is 0 Å². The first kappa shape index (κ1) is 72.6. The molecule has 0 radical (unpaired) electrons. The maximum atomic E-state index is 13.1. The molecule has 2 N–H and O–H groups in total. The van der Waals surface area contributed by atoms with Crippen molar-refractivity contribution in [2.75, 3.05) is 55.2 Å². The van der Waals surface area contributed by atoms with Gasteiger partial charge in [0.05, 0.1) is 36.1 Å². The van der Waals surface area contributed by atoms with E-state index in [1.165, 1.54) is 45.1 Å². The molecule has 0 saturated heterocycles. The predicted molar refractivity (Wildman–Crippen MR) is 357 cm³/mol. The summed E-state index contributed by atoms with van der Waals surface area (Å²) in [5, 5.41) is 12.2. The number of carbonyl (C=O) groups excluding carboxylic acids is 1. The Balaban J connectivity index is 1.48. The highest BCUT2D eigenvalue weighted by Crippen LogP contribution is 2.71. The number of carboxylic acids is 1. The minimum Gasteiger partial charge on any atom is -0.488 e. The summed E-state index contributed by atoms with van der Waals surface area (Å²) in [7, 11) is -1.42. The topological polar surface area (TPSA) is 113 Å². The van der Waals surface area contributed by atoms with Crippen LogP contribution in [0.3, 0.4) is 0 Å². The molecule has 1 amide bonds. The molecule has 1 heterocycles. The molecule has 1 aliphatic heterocycles. The fourth-order valence-corrected chi connectivity index (χ4v) is 17.8. The molecule has 0 saturated carbocycles. The largest absolute Gasteiger partial charge is 0.488 e. The van der Waals surface area contributed by atoms with Gasteiger partial charge in [-0.3, -0.25) is 9.59 Å². The Morgan fingerprint density at radius 2 is 1.24 bits per heavy atom. The molecule has 1 aliphatic carbocycles. The number of amides is 1. The van der Waals surface area contributed by atoms with Crippen LogP contribution in [0.15, 0.2) is 75.9 Å². The molecule has 2 aromatic rings.